The maximum Gasteiger partial charge on any atom is 0.200 e. The van der Waals surface area contributed by atoms with Crippen molar-refractivity contribution in [3.63, 3.8) is 0 Å². The number of hydrogen-bond acceptors (Lipinski definition) is 5. The topological polar surface area (TPSA) is 62.5 Å². The third kappa shape index (κ3) is 2.32. The van der Waals surface area contributed by atoms with E-state index in [4.69, 9.17) is 5.26 Å². The first kappa shape index (κ1) is 10.3. The van der Waals surface area contributed by atoms with E-state index in [0.717, 1.165) is 0 Å². The van der Waals surface area contributed by atoms with Crippen molar-refractivity contribution >= 4 is 20.7 Å². The van der Waals surface area contributed by atoms with Crippen LogP contribution in [0, 0.1) is 18.3 Å². The maximum absolute atomic E-state index is 8.61. The Kier molecular flexibility index (Phi) is 2.78. The van der Waals surface area contributed by atoms with Crippen molar-refractivity contribution in [2.45, 2.75) is 12.1 Å². The molecule has 1 aromatic heterocycles. The summed E-state index contributed by atoms with van der Waals surface area (Å²) >= 11 is 4.39. The van der Waals surface area contributed by atoms with Crippen LogP contribution in [0.4, 0.5) is 0 Å². The Labute approximate surface area is 83.5 Å². The van der Waals surface area contributed by atoms with Crippen LogP contribution in [-0.2, 0) is 0 Å². The third-order valence-corrected chi connectivity index (χ3v) is 2.95. The number of nitriles is 1. The molecule has 1 heterocycles. The van der Waals surface area contributed by atoms with Gasteiger partial charge in [0.25, 0.3) is 0 Å². The van der Waals surface area contributed by atoms with Crippen LogP contribution in [-0.4, -0.2) is 27.7 Å². The summed E-state index contributed by atoms with van der Waals surface area (Å²) in [7, 11) is -1.25. The average molecular weight is 214 g/mol. The highest BCUT2D eigenvalue weighted by Gasteiger charge is 2.14. The van der Waals surface area contributed by atoms with Crippen LogP contribution >= 0.6 is 20.7 Å². The van der Waals surface area contributed by atoms with Gasteiger partial charge in [0.15, 0.2) is 10.9 Å². The molecule has 0 N–H and O–H groups in total. The Hall–Kier alpha value is -0.800. The van der Waals surface area contributed by atoms with Gasteiger partial charge in [0.1, 0.15) is 6.07 Å². The fourth-order valence-corrected chi connectivity index (χ4v) is 1.53. The summed E-state index contributed by atoms with van der Waals surface area (Å²) in [5.41, 5.74) is 0.892. The number of thiol groups is 1. The van der Waals surface area contributed by atoms with Crippen LogP contribution in [0.3, 0.4) is 0 Å². The van der Waals surface area contributed by atoms with E-state index in [1.165, 1.54) is 0 Å². The Morgan fingerprint density at radius 1 is 1.38 bits per heavy atom. The van der Waals surface area contributed by atoms with Gasteiger partial charge < -0.3 is 0 Å². The summed E-state index contributed by atoms with van der Waals surface area (Å²) in [6, 6.07) is 1.92. The van der Waals surface area contributed by atoms with E-state index < -0.39 is 9.06 Å². The van der Waals surface area contributed by atoms with Crippen LogP contribution in [0.15, 0.2) is 5.16 Å². The quantitative estimate of drug-likeness (QED) is 0.565. The number of rotatable bonds is 1. The van der Waals surface area contributed by atoms with Crippen molar-refractivity contribution in [1.29, 1.82) is 5.26 Å². The van der Waals surface area contributed by atoms with Gasteiger partial charge in [-0.2, -0.15) is 5.26 Å². The van der Waals surface area contributed by atoms with Gasteiger partial charge >= 0.3 is 0 Å². The molecule has 0 aliphatic carbocycles. The van der Waals surface area contributed by atoms with Gasteiger partial charge in [-0.1, -0.05) is 0 Å². The van der Waals surface area contributed by atoms with Gasteiger partial charge in [0.2, 0.25) is 0 Å². The Balaban J connectivity index is 3.20. The maximum atomic E-state index is 8.61. The molecule has 0 radical (unpaired) electrons. The molecule has 0 aliphatic heterocycles. The molecule has 0 bridgehead atoms. The lowest BCUT2D eigenvalue weighted by atomic mass is 10.4. The molecule has 0 atom stereocenters. The molecule has 0 amide bonds. The molecule has 0 spiro atoms. The Morgan fingerprint density at radius 3 is 2.38 bits per heavy atom. The molecule has 0 saturated carbocycles. The first-order valence-electron chi connectivity index (χ1n) is 3.52. The molecule has 1 rings (SSSR count). The molecular formula is C7H10N4S2. The minimum atomic E-state index is -1.25. The SMILES string of the molecule is Cc1nc(S(C)(C)S)nnc1C#N. The zero-order chi connectivity index (χ0) is 10.1. The Morgan fingerprint density at radius 2 is 2.00 bits per heavy atom. The van der Waals surface area contributed by atoms with E-state index in [0.29, 0.717) is 10.9 Å². The normalized spacial score (nSPS) is 12.2. The highest BCUT2D eigenvalue weighted by atomic mass is 33.1. The smallest absolute Gasteiger partial charge is 0.200 e. The molecule has 0 unspecified atom stereocenters. The van der Waals surface area contributed by atoms with Crippen LogP contribution in [0.25, 0.3) is 0 Å². The van der Waals surface area contributed by atoms with Gasteiger partial charge in [0, 0.05) is 0 Å². The van der Waals surface area contributed by atoms with Crippen molar-refractivity contribution < 1.29 is 0 Å². The van der Waals surface area contributed by atoms with Gasteiger partial charge in [-0.25, -0.2) is 4.98 Å². The summed E-state index contributed by atoms with van der Waals surface area (Å²) in [6.07, 6.45) is 3.91. The average Bonchev–Trinajstić information content (AvgIpc) is 2.02. The van der Waals surface area contributed by atoms with E-state index in [2.05, 4.69) is 26.8 Å². The largest absolute Gasteiger partial charge is 0.224 e. The zero-order valence-corrected chi connectivity index (χ0v) is 9.36. The van der Waals surface area contributed by atoms with Gasteiger partial charge in [-0.3, -0.25) is 0 Å². The number of aromatic nitrogens is 3. The molecule has 0 aromatic carbocycles. The fraction of sp³-hybridized carbons (Fsp3) is 0.429. The summed E-state index contributed by atoms with van der Waals surface area (Å²) < 4.78 is 0. The van der Waals surface area contributed by atoms with Crippen LogP contribution in [0.1, 0.15) is 11.4 Å². The number of hydrogen-bond donors (Lipinski definition) is 1. The number of aryl methyl sites for hydroxylation is 1. The molecule has 1 aromatic rings. The molecule has 0 saturated heterocycles. The molecule has 6 heteroatoms. The lowest BCUT2D eigenvalue weighted by Gasteiger charge is -2.20. The highest BCUT2D eigenvalue weighted by molar-refractivity contribution is 8.87. The molecule has 0 fully saturated rings. The van der Waals surface area contributed by atoms with Gasteiger partial charge in [-0.15, -0.1) is 30.9 Å². The molecule has 13 heavy (non-hydrogen) atoms. The Bertz CT molecular complexity index is 364. The van der Waals surface area contributed by atoms with Crippen LogP contribution in [0.5, 0.6) is 0 Å². The lowest BCUT2D eigenvalue weighted by molar-refractivity contribution is 0.802. The van der Waals surface area contributed by atoms with Crippen molar-refractivity contribution in [2.24, 2.45) is 0 Å². The zero-order valence-electron chi connectivity index (χ0n) is 7.64. The van der Waals surface area contributed by atoms with Gasteiger partial charge in [0.05, 0.1) is 5.69 Å². The van der Waals surface area contributed by atoms with Crippen molar-refractivity contribution in [2.75, 3.05) is 12.5 Å². The number of nitrogens with zero attached hydrogens (tertiary/aromatic N) is 4. The summed E-state index contributed by atoms with van der Waals surface area (Å²) in [4.78, 5) is 4.18. The van der Waals surface area contributed by atoms with E-state index in [-0.39, 0.29) is 5.69 Å². The predicted octanol–water partition coefficient (Wildman–Crippen LogP) is 1.32. The third-order valence-electron chi connectivity index (χ3n) is 1.39. The van der Waals surface area contributed by atoms with E-state index in [1.807, 2.05) is 18.6 Å². The minimum absolute atomic E-state index is 0.278. The summed E-state index contributed by atoms with van der Waals surface area (Å²) in [5, 5.41) is 16.8. The molecule has 0 aliphatic rings. The van der Waals surface area contributed by atoms with Crippen molar-refractivity contribution in [3.05, 3.63) is 11.4 Å². The van der Waals surface area contributed by atoms with Gasteiger partial charge in [-0.05, 0) is 19.4 Å². The van der Waals surface area contributed by atoms with E-state index in [9.17, 15) is 0 Å². The van der Waals surface area contributed by atoms with Crippen molar-refractivity contribution in [3.8, 4) is 6.07 Å². The predicted molar refractivity (Wildman–Crippen MR) is 56.0 cm³/mol. The second-order valence-electron chi connectivity index (χ2n) is 2.91. The standard InChI is InChI=1S/C7H10N4S2/c1-5-6(4-8)10-11-7(9-5)13(2,3)12/h12H,1-3H3. The highest BCUT2D eigenvalue weighted by Crippen LogP contribution is 2.50. The van der Waals surface area contributed by atoms with Crippen molar-refractivity contribution in [1.82, 2.24) is 15.2 Å². The first-order valence-corrected chi connectivity index (χ1v) is 7.02. The second-order valence-corrected chi connectivity index (χ2v) is 8.56. The van der Waals surface area contributed by atoms with Crippen LogP contribution < -0.4 is 0 Å². The minimum Gasteiger partial charge on any atom is -0.224 e. The molecular weight excluding hydrogens is 204 g/mol. The molecule has 70 valence electrons. The monoisotopic (exact) mass is 214 g/mol. The van der Waals surface area contributed by atoms with E-state index in [1.54, 1.807) is 6.92 Å². The second kappa shape index (κ2) is 3.52. The summed E-state index contributed by atoms with van der Waals surface area (Å²) in [5.74, 6) is 0. The molecule has 4 nitrogen and oxygen atoms in total. The lowest BCUT2D eigenvalue weighted by Crippen LogP contribution is -2.03. The van der Waals surface area contributed by atoms with E-state index >= 15 is 0 Å². The fourth-order valence-electron chi connectivity index (χ4n) is 0.699. The summed E-state index contributed by atoms with van der Waals surface area (Å²) in [6.45, 7) is 1.75. The first-order chi connectivity index (χ1) is 5.95. The van der Waals surface area contributed by atoms with Crippen LogP contribution in [0.2, 0.25) is 0 Å².